The fourth-order valence-electron chi connectivity index (χ4n) is 1.80. The van der Waals surface area contributed by atoms with Crippen LogP contribution < -0.4 is 5.32 Å². The summed E-state index contributed by atoms with van der Waals surface area (Å²) in [6, 6.07) is 9.91. The average Bonchev–Trinajstić information content (AvgIpc) is 2.85. The zero-order valence-electron chi connectivity index (χ0n) is 10.9. The van der Waals surface area contributed by atoms with Gasteiger partial charge in [0.1, 0.15) is 5.69 Å². The zero-order chi connectivity index (χ0) is 13.5. The second kappa shape index (κ2) is 6.68. The molecule has 0 atom stereocenters. The van der Waals surface area contributed by atoms with Crippen molar-refractivity contribution in [2.24, 2.45) is 0 Å². The number of hydrogen-bond donors (Lipinski definition) is 1. The molecule has 0 aliphatic heterocycles. The van der Waals surface area contributed by atoms with E-state index >= 15 is 0 Å². The predicted molar refractivity (Wildman–Crippen MR) is 71.7 cm³/mol. The maximum absolute atomic E-state index is 11.8. The lowest BCUT2D eigenvalue weighted by Gasteiger charge is -2.03. The summed E-state index contributed by atoms with van der Waals surface area (Å²) in [6.07, 6.45) is 2.81. The fraction of sp³-hybridized carbons (Fsp3) is 0.357. The van der Waals surface area contributed by atoms with Crippen molar-refractivity contribution in [3.8, 4) is 0 Å². The van der Waals surface area contributed by atoms with Crippen molar-refractivity contribution in [2.75, 3.05) is 5.32 Å². The van der Waals surface area contributed by atoms with Gasteiger partial charge in [-0.05, 0) is 23.6 Å². The Hall–Kier alpha value is -2.17. The number of carbonyl (C=O) groups is 1. The summed E-state index contributed by atoms with van der Waals surface area (Å²) < 4.78 is 4.65. The van der Waals surface area contributed by atoms with Crippen molar-refractivity contribution < 1.29 is 9.42 Å². The van der Waals surface area contributed by atoms with Crippen LogP contribution in [0.4, 0.5) is 5.82 Å². The smallest absolute Gasteiger partial charge is 0.225 e. The van der Waals surface area contributed by atoms with Crippen LogP contribution in [0.2, 0.25) is 0 Å². The molecule has 1 N–H and O–H groups in total. The summed E-state index contributed by atoms with van der Waals surface area (Å²) in [6.45, 7) is 2.04. The van der Waals surface area contributed by atoms with Crippen LogP contribution in [-0.2, 0) is 17.6 Å². The van der Waals surface area contributed by atoms with Crippen LogP contribution >= 0.6 is 0 Å². The summed E-state index contributed by atoms with van der Waals surface area (Å²) in [5.41, 5.74) is 1.85. The number of nitrogens with zero attached hydrogens (tertiary/aromatic N) is 2. The van der Waals surface area contributed by atoms with Gasteiger partial charge in [-0.15, -0.1) is 0 Å². The number of carbonyl (C=O) groups excluding carboxylic acids is 1. The lowest BCUT2D eigenvalue weighted by Crippen LogP contribution is -2.13. The maximum Gasteiger partial charge on any atom is 0.225 e. The molecule has 100 valence electrons. The molecule has 0 radical (unpaired) electrons. The minimum atomic E-state index is -0.0723. The van der Waals surface area contributed by atoms with E-state index in [2.05, 4.69) is 20.3 Å². The Labute approximate surface area is 112 Å². The van der Waals surface area contributed by atoms with Gasteiger partial charge in [-0.2, -0.15) is 0 Å². The monoisotopic (exact) mass is 259 g/mol. The molecule has 2 aromatic rings. The fourth-order valence-corrected chi connectivity index (χ4v) is 1.80. The van der Waals surface area contributed by atoms with Crippen molar-refractivity contribution in [3.05, 3.63) is 41.6 Å². The molecule has 19 heavy (non-hydrogen) atoms. The molecule has 2 rings (SSSR count). The third kappa shape index (κ3) is 3.91. The first-order chi connectivity index (χ1) is 9.29. The van der Waals surface area contributed by atoms with Crippen molar-refractivity contribution >= 4 is 11.7 Å². The van der Waals surface area contributed by atoms with E-state index in [0.717, 1.165) is 18.4 Å². The highest BCUT2D eigenvalue weighted by Gasteiger charge is 2.12. The third-order valence-electron chi connectivity index (χ3n) is 2.78. The van der Waals surface area contributed by atoms with Gasteiger partial charge in [-0.3, -0.25) is 4.79 Å². The first-order valence-corrected chi connectivity index (χ1v) is 6.44. The van der Waals surface area contributed by atoms with Gasteiger partial charge < -0.3 is 5.32 Å². The molecule has 5 heteroatoms. The van der Waals surface area contributed by atoms with Gasteiger partial charge in [0.15, 0.2) is 0 Å². The molecule has 0 bridgehead atoms. The van der Waals surface area contributed by atoms with E-state index in [1.807, 2.05) is 37.3 Å². The van der Waals surface area contributed by atoms with Gasteiger partial charge in [0.2, 0.25) is 11.7 Å². The second-order valence-electron chi connectivity index (χ2n) is 4.34. The van der Waals surface area contributed by atoms with Crippen molar-refractivity contribution in [1.29, 1.82) is 0 Å². The summed E-state index contributed by atoms with van der Waals surface area (Å²) in [5.74, 6) is 0.372. The quantitative estimate of drug-likeness (QED) is 0.865. The normalized spacial score (nSPS) is 10.4. The number of amides is 1. The maximum atomic E-state index is 11.8. The van der Waals surface area contributed by atoms with Gasteiger partial charge in [0.05, 0.1) is 0 Å². The molecule has 0 saturated carbocycles. The third-order valence-corrected chi connectivity index (χ3v) is 2.78. The summed E-state index contributed by atoms with van der Waals surface area (Å²) in [5, 5.41) is 10.2. The Bertz CT molecular complexity index is 522. The topological polar surface area (TPSA) is 68.0 Å². The number of nitrogens with one attached hydrogen (secondary N) is 1. The molecular formula is C14H17N3O2. The van der Waals surface area contributed by atoms with E-state index in [1.165, 1.54) is 0 Å². The van der Waals surface area contributed by atoms with E-state index in [0.29, 0.717) is 24.4 Å². The largest absolute Gasteiger partial charge is 0.306 e. The number of aromatic nitrogens is 2. The van der Waals surface area contributed by atoms with Crippen molar-refractivity contribution in [2.45, 2.75) is 32.6 Å². The molecule has 1 aromatic heterocycles. The van der Waals surface area contributed by atoms with Crippen molar-refractivity contribution in [3.63, 3.8) is 0 Å². The number of anilines is 1. The van der Waals surface area contributed by atoms with Crippen molar-refractivity contribution in [1.82, 2.24) is 10.3 Å². The highest BCUT2D eigenvalue weighted by Crippen LogP contribution is 2.12. The van der Waals surface area contributed by atoms with Gasteiger partial charge >= 0.3 is 0 Å². The molecule has 1 amide bonds. The van der Waals surface area contributed by atoms with E-state index in [4.69, 9.17) is 0 Å². The molecular weight excluding hydrogens is 242 g/mol. The Morgan fingerprint density at radius 3 is 2.74 bits per heavy atom. The minimum Gasteiger partial charge on any atom is -0.306 e. The van der Waals surface area contributed by atoms with Crippen LogP contribution in [0.15, 0.2) is 35.0 Å². The molecule has 0 spiro atoms. The molecule has 1 aromatic carbocycles. The lowest BCUT2D eigenvalue weighted by molar-refractivity contribution is -0.116. The number of hydrogen-bond acceptors (Lipinski definition) is 4. The Balaban J connectivity index is 1.85. The van der Waals surface area contributed by atoms with E-state index in [-0.39, 0.29) is 5.91 Å². The Kier molecular flexibility index (Phi) is 4.66. The lowest BCUT2D eigenvalue weighted by atomic mass is 10.1. The second-order valence-corrected chi connectivity index (χ2v) is 4.34. The zero-order valence-corrected chi connectivity index (χ0v) is 10.9. The number of benzene rings is 1. The van der Waals surface area contributed by atoms with E-state index in [1.54, 1.807) is 0 Å². The summed E-state index contributed by atoms with van der Waals surface area (Å²) >= 11 is 0. The van der Waals surface area contributed by atoms with Gasteiger partial charge in [0, 0.05) is 6.42 Å². The van der Waals surface area contributed by atoms with Gasteiger partial charge in [-0.1, -0.05) is 48.8 Å². The molecule has 0 fully saturated rings. The van der Waals surface area contributed by atoms with Crippen LogP contribution in [0.25, 0.3) is 0 Å². The summed E-state index contributed by atoms with van der Waals surface area (Å²) in [4.78, 5) is 11.8. The van der Waals surface area contributed by atoms with Crippen LogP contribution in [-0.4, -0.2) is 16.2 Å². The number of aryl methyl sites for hydroxylation is 2. The van der Waals surface area contributed by atoms with Gasteiger partial charge in [0.25, 0.3) is 0 Å². The molecule has 1 heterocycles. The highest BCUT2D eigenvalue weighted by molar-refractivity contribution is 5.90. The molecule has 0 aliphatic carbocycles. The van der Waals surface area contributed by atoms with E-state index < -0.39 is 0 Å². The standard InChI is InChI=1S/C14H17N3O2/c1-2-6-12-14(17-19-16-12)15-13(18)10-9-11-7-4-3-5-8-11/h3-5,7-8H,2,6,9-10H2,1H3,(H,15,17,18). The predicted octanol–water partition coefficient (Wildman–Crippen LogP) is 2.59. The molecule has 0 aliphatic rings. The first kappa shape index (κ1) is 13.3. The first-order valence-electron chi connectivity index (χ1n) is 6.44. The number of rotatable bonds is 6. The van der Waals surface area contributed by atoms with Crippen LogP contribution in [0, 0.1) is 0 Å². The van der Waals surface area contributed by atoms with E-state index in [9.17, 15) is 4.79 Å². The van der Waals surface area contributed by atoms with Crippen LogP contribution in [0.1, 0.15) is 31.0 Å². The molecule has 5 nitrogen and oxygen atoms in total. The molecule has 0 saturated heterocycles. The Morgan fingerprint density at radius 2 is 2.00 bits per heavy atom. The average molecular weight is 259 g/mol. The Morgan fingerprint density at radius 1 is 1.21 bits per heavy atom. The SMILES string of the molecule is CCCc1nonc1NC(=O)CCc1ccccc1. The summed E-state index contributed by atoms with van der Waals surface area (Å²) in [7, 11) is 0. The van der Waals surface area contributed by atoms with Crippen LogP contribution in [0.3, 0.4) is 0 Å². The minimum absolute atomic E-state index is 0.0723. The highest BCUT2D eigenvalue weighted by atomic mass is 16.6. The van der Waals surface area contributed by atoms with Crippen LogP contribution in [0.5, 0.6) is 0 Å². The molecule has 0 unspecified atom stereocenters. The van der Waals surface area contributed by atoms with Gasteiger partial charge in [-0.25, -0.2) is 4.63 Å².